The molecule has 0 aliphatic heterocycles. The van der Waals surface area contributed by atoms with Crippen molar-refractivity contribution in [3.8, 4) is 0 Å². The topological polar surface area (TPSA) is 101 Å². The van der Waals surface area contributed by atoms with Crippen LogP contribution in [-0.4, -0.2) is 30.8 Å². The Hall–Kier alpha value is -2.00. The molecule has 9 heteroatoms. The van der Waals surface area contributed by atoms with E-state index in [0.717, 1.165) is 24.1 Å². The summed E-state index contributed by atoms with van der Waals surface area (Å²) in [6, 6.07) is 6.26. The number of carbonyl (C=O) groups excluding carboxylic acids is 1. The fourth-order valence-electron chi connectivity index (χ4n) is 2.20. The second-order valence-electron chi connectivity index (χ2n) is 5.37. The van der Waals surface area contributed by atoms with Crippen molar-refractivity contribution in [1.29, 1.82) is 0 Å². The third-order valence-corrected chi connectivity index (χ3v) is 5.03. The monoisotopic (exact) mass is 368 g/mol. The van der Waals surface area contributed by atoms with Gasteiger partial charge in [0.25, 0.3) is 5.91 Å². The fourth-order valence-corrected chi connectivity index (χ4v) is 3.76. The normalized spacial score (nSPS) is 11.5. The van der Waals surface area contributed by atoms with Gasteiger partial charge in [-0.3, -0.25) is 14.8 Å². The lowest BCUT2D eigenvalue weighted by atomic mass is 10.1. The maximum Gasteiger partial charge on any atom is 0.257 e. The van der Waals surface area contributed by atoms with Crippen LogP contribution in [0.15, 0.2) is 24.3 Å². The Morgan fingerprint density at radius 3 is 2.58 bits per heavy atom. The third kappa shape index (κ3) is 5.00. The molecule has 0 bridgehead atoms. The number of anilines is 2. The van der Waals surface area contributed by atoms with Gasteiger partial charge in [-0.2, -0.15) is 0 Å². The van der Waals surface area contributed by atoms with E-state index in [1.165, 1.54) is 17.4 Å². The Kier molecular flexibility index (Phi) is 5.89. The number of sulfonamides is 1. The van der Waals surface area contributed by atoms with Crippen LogP contribution in [0.2, 0.25) is 0 Å². The lowest BCUT2D eigenvalue weighted by molar-refractivity contribution is 0.102. The first-order chi connectivity index (χ1) is 11.3. The molecule has 0 aliphatic rings. The van der Waals surface area contributed by atoms with E-state index < -0.39 is 10.0 Å². The highest BCUT2D eigenvalue weighted by molar-refractivity contribution is 7.92. The predicted molar refractivity (Wildman–Crippen MR) is 96.1 cm³/mol. The summed E-state index contributed by atoms with van der Waals surface area (Å²) < 4.78 is 24.9. The number of aromatic nitrogens is 2. The zero-order valence-corrected chi connectivity index (χ0v) is 15.4. The maximum atomic E-state index is 12.3. The molecule has 1 aromatic carbocycles. The fraction of sp³-hybridized carbons (Fsp3) is 0.400. The molecule has 0 aliphatic carbocycles. The predicted octanol–water partition coefficient (Wildman–Crippen LogP) is 3.07. The standard InChI is InChI=1S/C15H20N4O3S2/c1-4-10(5-2)14-17-18-15(23-14)16-13(20)11-7-6-8-12(9-11)19-24(3,21)22/h6-10,19H,4-5H2,1-3H3,(H,16,18,20). The zero-order chi connectivity index (χ0) is 17.7. The van der Waals surface area contributed by atoms with Gasteiger partial charge >= 0.3 is 0 Å². The number of hydrogen-bond acceptors (Lipinski definition) is 6. The van der Waals surface area contributed by atoms with Gasteiger partial charge in [0.2, 0.25) is 15.2 Å². The Balaban J connectivity index is 2.11. The molecule has 0 saturated carbocycles. The van der Waals surface area contributed by atoms with Gasteiger partial charge in [0.15, 0.2) is 0 Å². The number of nitrogens with one attached hydrogen (secondary N) is 2. The van der Waals surface area contributed by atoms with Gasteiger partial charge in [0, 0.05) is 17.2 Å². The van der Waals surface area contributed by atoms with Crippen LogP contribution in [0.25, 0.3) is 0 Å². The van der Waals surface area contributed by atoms with Crippen molar-refractivity contribution in [2.75, 3.05) is 16.3 Å². The van der Waals surface area contributed by atoms with E-state index in [1.807, 2.05) is 0 Å². The number of benzene rings is 1. The highest BCUT2D eigenvalue weighted by atomic mass is 32.2. The van der Waals surface area contributed by atoms with Crippen LogP contribution in [0.3, 0.4) is 0 Å². The van der Waals surface area contributed by atoms with Crippen LogP contribution >= 0.6 is 11.3 Å². The van der Waals surface area contributed by atoms with Crippen molar-refractivity contribution in [1.82, 2.24) is 10.2 Å². The van der Waals surface area contributed by atoms with Crippen molar-refractivity contribution in [3.63, 3.8) is 0 Å². The van der Waals surface area contributed by atoms with Gasteiger partial charge in [0.1, 0.15) is 5.01 Å². The van der Waals surface area contributed by atoms with Gasteiger partial charge in [-0.15, -0.1) is 10.2 Å². The minimum Gasteiger partial charge on any atom is -0.296 e. The Morgan fingerprint density at radius 2 is 1.96 bits per heavy atom. The van der Waals surface area contributed by atoms with Crippen molar-refractivity contribution >= 4 is 38.1 Å². The van der Waals surface area contributed by atoms with Crippen LogP contribution in [-0.2, 0) is 10.0 Å². The van der Waals surface area contributed by atoms with Gasteiger partial charge in [-0.05, 0) is 31.0 Å². The lowest BCUT2D eigenvalue weighted by Crippen LogP contribution is -2.13. The molecular formula is C15H20N4O3S2. The van der Waals surface area contributed by atoms with E-state index in [0.29, 0.717) is 22.3 Å². The Morgan fingerprint density at radius 1 is 1.25 bits per heavy atom. The molecule has 2 N–H and O–H groups in total. The number of hydrogen-bond donors (Lipinski definition) is 2. The second-order valence-corrected chi connectivity index (χ2v) is 8.13. The van der Waals surface area contributed by atoms with Gasteiger partial charge in [-0.25, -0.2) is 8.42 Å². The zero-order valence-electron chi connectivity index (χ0n) is 13.7. The molecule has 0 atom stereocenters. The summed E-state index contributed by atoms with van der Waals surface area (Å²) in [5, 5.41) is 12.2. The molecule has 0 saturated heterocycles. The Labute approximate surface area is 145 Å². The van der Waals surface area contributed by atoms with Crippen LogP contribution < -0.4 is 10.0 Å². The van der Waals surface area contributed by atoms with E-state index in [2.05, 4.69) is 34.1 Å². The molecule has 2 aromatic rings. The summed E-state index contributed by atoms with van der Waals surface area (Å²) in [7, 11) is -3.39. The molecule has 0 spiro atoms. The van der Waals surface area contributed by atoms with Gasteiger partial charge < -0.3 is 0 Å². The van der Waals surface area contributed by atoms with Crippen molar-refractivity contribution in [3.05, 3.63) is 34.8 Å². The minimum atomic E-state index is -3.39. The molecule has 1 aromatic heterocycles. The summed E-state index contributed by atoms with van der Waals surface area (Å²) in [4.78, 5) is 12.3. The summed E-state index contributed by atoms with van der Waals surface area (Å²) >= 11 is 1.36. The first-order valence-corrected chi connectivity index (χ1v) is 10.3. The van der Waals surface area contributed by atoms with Crippen molar-refractivity contribution in [2.24, 2.45) is 0 Å². The SMILES string of the molecule is CCC(CC)c1nnc(NC(=O)c2cccc(NS(C)(=O)=O)c2)s1. The largest absolute Gasteiger partial charge is 0.296 e. The van der Waals surface area contributed by atoms with E-state index >= 15 is 0 Å². The quantitative estimate of drug-likeness (QED) is 0.782. The third-order valence-electron chi connectivity index (χ3n) is 3.42. The summed E-state index contributed by atoms with van der Waals surface area (Å²) in [6.45, 7) is 4.18. The van der Waals surface area contributed by atoms with E-state index in [9.17, 15) is 13.2 Å². The molecule has 0 unspecified atom stereocenters. The Bertz CT molecular complexity index is 814. The summed E-state index contributed by atoms with van der Waals surface area (Å²) in [5.74, 6) is -0.0187. The van der Waals surface area contributed by atoms with E-state index in [4.69, 9.17) is 0 Å². The second kappa shape index (κ2) is 7.71. The molecule has 1 heterocycles. The molecule has 0 radical (unpaired) electrons. The lowest BCUT2D eigenvalue weighted by Gasteiger charge is -2.07. The average molecular weight is 368 g/mol. The number of amides is 1. The summed E-state index contributed by atoms with van der Waals surface area (Å²) in [5.41, 5.74) is 0.670. The van der Waals surface area contributed by atoms with Crippen molar-refractivity contribution < 1.29 is 13.2 Å². The van der Waals surface area contributed by atoms with E-state index in [-0.39, 0.29) is 5.91 Å². The molecule has 24 heavy (non-hydrogen) atoms. The molecule has 2 rings (SSSR count). The highest BCUT2D eigenvalue weighted by Gasteiger charge is 2.15. The minimum absolute atomic E-state index is 0.333. The first kappa shape index (κ1) is 18.3. The molecule has 0 fully saturated rings. The maximum absolute atomic E-state index is 12.3. The van der Waals surface area contributed by atoms with Crippen LogP contribution in [0.5, 0.6) is 0 Å². The van der Waals surface area contributed by atoms with Crippen LogP contribution in [0, 0.1) is 0 Å². The van der Waals surface area contributed by atoms with E-state index in [1.54, 1.807) is 18.2 Å². The smallest absolute Gasteiger partial charge is 0.257 e. The average Bonchev–Trinajstić information content (AvgIpc) is 2.95. The molecule has 7 nitrogen and oxygen atoms in total. The number of carbonyl (C=O) groups is 1. The molecule has 130 valence electrons. The molecular weight excluding hydrogens is 348 g/mol. The van der Waals surface area contributed by atoms with Gasteiger partial charge in [0.05, 0.1) is 6.26 Å². The first-order valence-electron chi connectivity index (χ1n) is 7.55. The van der Waals surface area contributed by atoms with Crippen LogP contribution in [0.4, 0.5) is 10.8 Å². The number of nitrogens with zero attached hydrogens (tertiary/aromatic N) is 2. The van der Waals surface area contributed by atoms with Crippen LogP contribution in [0.1, 0.15) is 48.0 Å². The van der Waals surface area contributed by atoms with Gasteiger partial charge in [-0.1, -0.05) is 31.3 Å². The summed E-state index contributed by atoms with van der Waals surface area (Å²) in [6.07, 6.45) is 3.00. The number of rotatable bonds is 7. The van der Waals surface area contributed by atoms with Crippen molar-refractivity contribution in [2.45, 2.75) is 32.6 Å². The highest BCUT2D eigenvalue weighted by Crippen LogP contribution is 2.28. The molecule has 1 amide bonds.